The van der Waals surface area contributed by atoms with Gasteiger partial charge < -0.3 is 24.7 Å². The van der Waals surface area contributed by atoms with Gasteiger partial charge in [-0.05, 0) is 37.6 Å². The van der Waals surface area contributed by atoms with Gasteiger partial charge >= 0.3 is 0 Å². The highest BCUT2D eigenvalue weighted by molar-refractivity contribution is 7.85. The molecule has 0 saturated carbocycles. The van der Waals surface area contributed by atoms with Gasteiger partial charge in [-0.3, -0.25) is 4.55 Å². The topological polar surface area (TPSA) is 111 Å². The third kappa shape index (κ3) is 5.05. The second kappa shape index (κ2) is 10.9. The Morgan fingerprint density at radius 2 is 1.28 bits per heavy atom. The van der Waals surface area contributed by atoms with Crippen molar-refractivity contribution in [3.8, 4) is 11.5 Å². The maximum Gasteiger partial charge on any atom is 0.294 e. The predicted molar refractivity (Wildman–Crippen MR) is 140 cm³/mol. The van der Waals surface area contributed by atoms with Gasteiger partial charge in [-0.15, -0.1) is 0 Å². The van der Waals surface area contributed by atoms with Crippen LogP contribution in [-0.4, -0.2) is 62.6 Å². The summed E-state index contributed by atoms with van der Waals surface area (Å²) in [5, 5.41) is 18.9. The van der Waals surface area contributed by atoms with E-state index in [2.05, 4.69) is 0 Å². The molecule has 0 saturated heterocycles. The fraction of sp³-hybridized carbons (Fsp3) is 0.333. The fourth-order valence-electron chi connectivity index (χ4n) is 4.85. The van der Waals surface area contributed by atoms with E-state index < -0.39 is 16.0 Å². The first-order chi connectivity index (χ1) is 17.3. The summed E-state index contributed by atoms with van der Waals surface area (Å²) in [5.74, 6) is 0.661. The van der Waals surface area contributed by atoms with Gasteiger partial charge in [0.15, 0.2) is 0 Å². The van der Waals surface area contributed by atoms with E-state index >= 15 is 0 Å². The van der Waals surface area contributed by atoms with Crippen LogP contribution in [0.25, 0.3) is 0 Å². The lowest BCUT2D eigenvalue weighted by molar-refractivity contribution is 0.302. The number of fused-ring (bicyclic) bond motifs is 2. The van der Waals surface area contributed by atoms with Crippen molar-refractivity contribution in [2.24, 2.45) is 0 Å². The number of hydrogen-bond donors (Lipinski definition) is 3. The lowest BCUT2D eigenvalue weighted by Crippen LogP contribution is -2.27. The maximum absolute atomic E-state index is 12.3. The van der Waals surface area contributed by atoms with Crippen LogP contribution >= 0.6 is 0 Å². The lowest BCUT2D eigenvalue weighted by atomic mass is 9.82. The van der Waals surface area contributed by atoms with E-state index in [-0.39, 0.29) is 18.1 Å². The molecular formula is C27H32N2O6S. The predicted octanol–water partition coefficient (Wildman–Crippen LogP) is 3.86. The second-order valence-corrected chi connectivity index (χ2v) is 9.99. The Kier molecular flexibility index (Phi) is 7.85. The Morgan fingerprint density at radius 3 is 1.72 bits per heavy atom. The van der Waals surface area contributed by atoms with Crippen LogP contribution in [0.15, 0.2) is 65.6 Å². The van der Waals surface area contributed by atoms with Crippen molar-refractivity contribution in [2.45, 2.75) is 24.7 Å². The quantitative estimate of drug-likeness (QED) is 0.275. The Morgan fingerprint density at radius 1 is 0.778 bits per heavy atom. The first-order valence-electron chi connectivity index (χ1n) is 12.1. The van der Waals surface area contributed by atoms with Crippen molar-refractivity contribution in [1.82, 2.24) is 0 Å². The summed E-state index contributed by atoms with van der Waals surface area (Å²) in [4.78, 5) is 3.90. The van der Waals surface area contributed by atoms with Gasteiger partial charge in [-0.1, -0.05) is 30.3 Å². The molecule has 0 unspecified atom stereocenters. The van der Waals surface area contributed by atoms with Crippen molar-refractivity contribution in [2.75, 3.05) is 49.2 Å². The summed E-state index contributed by atoms with van der Waals surface area (Å²) >= 11 is 0. The molecular weight excluding hydrogens is 480 g/mol. The van der Waals surface area contributed by atoms with Crippen LogP contribution < -0.4 is 14.5 Å². The minimum absolute atomic E-state index is 0.0139. The number of aliphatic hydroxyl groups is 2. The standard InChI is InChI=1S/C27H32N2O6S/c1-3-28(13-15-30)19-9-11-21-24(17-19)35-25-18-20(29(4-2)14-16-31)10-12-22(25)27(21)23-7-5-6-8-26(23)36(32,33)34/h5-12,17-18,27,30-31H,3-4,13-16H2,1-2H3,(H,32,33,34). The zero-order valence-electron chi connectivity index (χ0n) is 20.5. The zero-order valence-corrected chi connectivity index (χ0v) is 21.3. The number of benzene rings is 3. The largest absolute Gasteiger partial charge is 0.457 e. The van der Waals surface area contributed by atoms with E-state index in [1.54, 1.807) is 18.2 Å². The van der Waals surface area contributed by atoms with E-state index in [1.807, 2.05) is 60.0 Å². The second-order valence-electron chi connectivity index (χ2n) is 8.60. The number of aliphatic hydroxyl groups excluding tert-OH is 2. The van der Waals surface area contributed by atoms with E-state index in [1.165, 1.54) is 6.07 Å². The highest BCUT2D eigenvalue weighted by Crippen LogP contribution is 2.50. The van der Waals surface area contributed by atoms with Crippen LogP contribution in [0.3, 0.4) is 0 Å². The summed E-state index contributed by atoms with van der Waals surface area (Å²) in [7, 11) is -4.47. The summed E-state index contributed by atoms with van der Waals surface area (Å²) < 4.78 is 41.0. The molecule has 3 N–H and O–H groups in total. The third-order valence-electron chi connectivity index (χ3n) is 6.58. The zero-order chi connectivity index (χ0) is 25.9. The van der Waals surface area contributed by atoms with E-state index in [0.717, 1.165) is 22.5 Å². The number of rotatable bonds is 10. The van der Waals surface area contributed by atoms with Gasteiger partial charge in [0.1, 0.15) is 11.5 Å². The van der Waals surface area contributed by atoms with E-state index in [4.69, 9.17) is 4.74 Å². The van der Waals surface area contributed by atoms with Gasteiger partial charge in [0.05, 0.1) is 18.1 Å². The average Bonchev–Trinajstić information content (AvgIpc) is 2.87. The Labute approximate surface area is 212 Å². The number of ether oxygens (including phenoxy) is 1. The van der Waals surface area contributed by atoms with Crippen molar-refractivity contribution >= 4 is 21.5 Å². The average molecular weight is 513 g/mol. The van der Waals surface area contributed by atoms with Gasteiger partial charge in [0.2, 0.25) is 0 Å². The summed E-state index contributed by atoms with van der Waals surface area (Å²) in [5.41, 5.74) is 3.76. The molecule has 0 aromatic heterocycles. The molecule has 0 spiro atoms. The molecule has 0 amide bonds. The Balaban J connectivity index is 1.92. The minimum Gasteiger partial charge on any atom is -0.457 e. The SMILES string of the molecule is CCN(CCO)c1ccc2c(c1)Oc1cc(N(CC)CCO)ccc1C2c1ccccc1S(=O)(=O)O. The van der Waals surface area contributed by atoms with Crippen molar-refractivity contribution < 1.29 is 27.9 Å². The molecule has 1 aliphatic heterocycles. The Bertz CT molecular complexity index is 1260. The lowest BCUT2D eigenvalue weighted by Gasteiger charge is -2.32. The van der Waals surface area contributed by atoms with Crippen molar-refractivity contribution in [1.29, 1.82) is 0 Å². The molecule has 0 aliphatic carbocycles. The molecule has 1 heterocycles. The van der Waals surface area contributed by atoms with Gasteiger partial charge in [-0.25, -0.2) is 0 Å². The molecule has 9 heteroatoms. The molecule has 192 valence electrons. The molecule has 0 radical (unpaired) electrons. The van der Waals surface area contributed by atoms with Crippen LogP contribution in [0.4, 0.5) is 11.4 Å². The number of likely N-dealkylation sites (N-methyl/N-ethyl adjacent to an activating group) is 2. The molecule has 3 aromatic rings. The van der Waals surface area contributed by atoms with E-state index in [9.17, 15) is 23.2 Å². The molecule has 36 heavy (non-hydrogen) atoms. The fourth-order valence-corrected chi connectivity index (χ4v) is 5.58. The van der Waals surface area contributed by atoms with Crippen LogP contribution in [-0.2, 0) is 10.1 Å². The molecule has 8 nitrogen and oxygen atoms in total. The first kappa shape index (κ1) is 26.0. The van der Waals surface area contributed by atoms with Gasteiger partial charge in [-0.2, -0.15) is 8.42 Å². The highest BCUT2D eigenvalue weighted by atomic mass is 32.2. The molecule has 1 aliphatic rings. The summed E-state index contributed by atoms with van der Waals surface area (Å²) in [6.07, 6.45) is 0. The van der Waals surface area contributed by atoms with Gasteiger partial charge in [0, 0.05) is 66.7 Å². The molecule has 3 aromatic carbocycles. The smallest absolute Gasteiger partial charge is 0.294 e. The van der Waals surface area contributed by atoms with Crippen molar-refractivity contribution in [3.63, 3.8) is 0 Å². The monoisotopic (exact) mass is 512 g/mol. The van der Waals surface area contributed by atoms with Crippen LogP contribution in [0.2, 0.25) is 0 Å². The summed E-state index contributed by atoms with van der Waals surface area (Å²) in [6, 6.07) is 18.0. The normalized spacial score (nSPS) is 13.0. The number of hydrogen-bond acceptors (Lipinski definition) is 7. The Hall–Kier alpha value is -3.11. The molecule has 0 fully saturated rings. The van der Waals surface area contributed by atoms with Crippen molar-refractivity contribution in [3.05, 3.63) is 77.4 Å². The maximum atomic E-state index is 12.3. The minimum atomic E-state index is -4.47. The first-order valence-corrected chi connectivity index (χ1v) is 13.5. The van der Waals surface area contributed by atoms with Crippen LogP contribution in [0, 0.1) is 0 Å². The number of nitrogens with zero attached hydrogens (tertiary/aromatic N) is 2. The van der Waals surface area contributed by atoms with Crippen LogP contribution in [0.5, 0.6) is 11.5 Å². The molecule has 0 atom stereocenters. The highest BCUT2D eigenvalue weighted by Gasteiger charge is 2.33. The summed E-state index contributed by atoms with van der Waals surface area (Å²) in [6.45, 7) is 6.37. The third-order valence-corrected chi connectivity index (χ3v) is 7.51. The number of anilines is 2. The van der Waals surface area contributed by atoms with Gasteiger partial charge in [0.25, 0.3) is 10.1 Å². The van der Waals surface area contributed by atoms with E-state index in [0.29, 0.717) is 43.2 Å². The van der Waals surface area contributed by atoms with Crippen LogP contribution in [0.1, 0.15) is 36.5 Å². The molecule has 0 bridgehead atoms. The molecule has 4 rings (SSSR count).